The van der Waals surface area contributed by atoms with Crippen molar-refractivity contribution in [1.29, 1.82) is 0 Å². The van der Waals surface area contributed by atoms with Crippen molar-refractivity contribution in [1.82, 2.24) is 4.90 Å². The van der Waals surface area contributed by atoms with E-state index < -0.39 is 11.9 Å². The summed E-state index contributed by atoms with van der Waals surface area (Å²) in [6, 6.07) is 3.93. The third kappa shape index (κ3) is 3.08. The second-order valence-corrected chi connectivity index (χ2v) is 6.53. The Bertz CT molecular complexity index is 790. The number of benzene rings is 1. The number of hydrogen-bond acceptors (Lipinski definition) is 4. The first kappa shape index (κ1) is 15.9. The molecule has 1 aromatic rings. The maximum absolute atomic E-state index is 13.8. The van der Waals surface area contributed by atoms with E-state index in [9.17, 15) is 4.39 Å². The summed E-state index contributed by atoms with van der Waals surface area (Å²) in [6.45, 7) is 4.30. The zero-order chi connectivity index (χ0) is 16.6. The van der Waals surface area contributed by atoms with Gasteiger partial charge in [0.15, 0.2) is 5.17 Å². The van der Waals surface area contributed by atoms with Gasteiger partial charge < -0.3 is 4.90 Å². The molecule has 3 rings (SSSR count). The first-order valence-electron chi connectivity index (χ1n) is 6.93. The minimum absolute atomic E-state index is 0.320. The molecule has 0 aromatic heterocycles. The van der Waals surface area contributed by atoms with Gasteiger partial charge >= 0.3 is 0 Å². The number of amidine groups is 1. The maximum Gasteiger partial charge on any atom is 0.173 e. The molecule has 0 amide bonds. The van der Waals surface area contributed by atoms with Gasteiger partial charge in [-0.25, -0.2) is 9.38 Å². The number of azide groups is 1. The van der Waals surface area contributed by atoms with Gasteiger partial charge in [0.05, 0.1) is 18.3 Å². The fourth-order valence-electron chi connectivity index (χ4n) is 2.55. The fraction of sp³-hybridized carbons (Fsp3) is 0.267. The van der Waals surface area contributed by atoms with Crippen molar-refractivity contribution in [3.63, 3.8) is 0 Å². The van der Waals surface area contributed by atoms with E-state index in [4.69, 9.17) is 17.1 Å². The van der Waals surface area contributed by atoms with Gasteiger partial charge in [0.1, 0.15) is 5.82 Å². The lowest BCUT2D eigenvalue weighted by Gasteiger charge is -2.29. The molecule has 0 fully saturated rings. The number of hydrogen-bond donors (Lipinski definition) is 0. The van der Waals surface area contributed by atoms with Crippen LogP contribution in [0.2, 0.25) is 5.02 Å². The predicted octanol–water partition coefficient (Wildman–Crippen LogP) is 5.17. The van der Waals surface area contributed by atoms with Gasteiger partial charge in [-0.15, -0.1) is 0 Å². The zero-order valence-corrected chi connectivity index (χ0v) is 14.1. The summed E-state index contributed by atoms with van der Waals surface area (Å²) < 4.78 is 13.8. The fourth-order valence-corrected chi connectivity index (χ4v) is 3.66. The lowest BCUT2D eigenvalue weighted by atomic mass is 9.99. The summed E-state index contributed by atoms with van der Waals surface area (Å²) in [4.78, 5) is 9.54. The Balaban J connectivity index is 2.15. The molecule has 118 valence electrons. The number of fused-ring (bicyclic) bond motifs is 1. The molecule has 1 aromatic carbocycles. The molecule has 8 heteroatoms. The molecule has 0 radical (unpaired) electrons. The van der Waals surface area contributed by atoms with Gasteiger partial charge in [-0.1, -0.05) is 35.4 Å². The first-order valence-corrected chi connectivity index (χ1v) is 8.18. The number of thioether (sulfide) groups is 1. The number of allylic oxidation sites excluding steroid dienone is 1. The molecule has 2 aliphatic heterocycles. The second kappa shape index (κ2) is 6.28. The Hall–Kier alpha value is -1.95. The van der Waals surface area contributed by atoms with E-state index in [1.54, 1.807) is 13.0 Å². The molecule has 0 saturated heterocycles. The van der Waals surface area contributed by atoms with Crippen LogP contribution in [0.5, 0.6) is 0 Å². The van der Waals surface area contributed by atoms with Crippen LogP contribution in [0.3, 0.4) is 0 Å². The Morgan fingerprint density at radius 1 is 1.48 bits per heavy atom. The van der Waals surface area contributed by atoms with Crippen molar-refractivity contribution in [3.8, 4) is 0 Å². The van der Waals surface area contributed by atoms with Crippen LogP contribution in [0, 0.1) is 5.82 Å². The molecule has 0 saturated carbocycles. The van der Waals surface area contributed by atoms with E-state index in [0.29, 0.717) is 22.8 Å². The van der Waals surface area contributed by atoms with E-state index in [1.165, 1.54) is 23.9 Å². The highest BCUT2D eigenvalue weighted by atomic mass is 35.5. The minimum Gasteiger partial charge on any atom is -0.320 e. The van der Waals surface area contributed by atoms with E-state index in [1.807, 2.05) is 17.2 Å². The summed E-state index contributed by atoms with van der Waals surface area (Å²) in [6.07, 6.45) is 0. The Morgan fingerprint density at radius 2 is 2.26 bits per heavy atom. The lowest BCUT2D eigenvalue weighted by molar-refractivity contribution is 0.580. The lowest BCUT2D eigenvalue weighted by Crippen LogP contribution is -2.30. The van der Waals surface area contributed by atoms with Crippen LogP contribution in [0.4, 0.5) is 4.39 Å². The molecule has 0 bridgehead atoms. The maximum atomic E-state index is 13.8. The normalized spacial score (nSPS) is 18.2. The van der Waals surface area contributed by atoms with E-state index in [-0.39, 0.29) is 0 Å². The predicted molar refractivity (Wildman–Crippen MR) is 92.4 cm³/mol. The average molecular weight is 350 g/mol. The minimum atomic E-state index is -0.451. The number of rotatable bonds is 3. The van der Waals surface area contributed by atoms with Crippen LogP contribution < -0.4 is 0 Å². The molecule has 0 spiro atoms. The van der Waals surface area contributed by atoms with Gasteiger partial charge in [0.25, 0.3) is 0 Å². The quantitative estimate of drug-likeness (QED) is 0.429. The molecule has 2 aliphatic rings. The Labute approximate surface area is 142 Å². The van der Waals surface area contributed by atoms with Gasteiger partial charge in [0, 0.05) is 21.2 Å². The third-order valence-electron chi connectivity index (χ3n) is 3.66. The van der Waals surface area contributed by atoms with Crippen LogP contribution in [0.15, 0.2) is 45.1 Å². The van der Waals surface area contributed by atoms with Crippen molar-refractivity contribution < 1.29 is 4.39 Å². The Morgan fingerprint density at radius 3 is 2.96 bits per heavy atom. The standard InChI is InChI=1S/C15H13ClFN5S/c1-8-7-23-15-19-14(9(2)20-21-18)13(6-22(8)15)10-3-11(16)5-12(17)4-10/h3-5,7,9H,6H2,1-2H3. The van der Waals surface area contributed by atoms with Crippen LogP contribution in [0.25, 0.3) is 16.0 Å². The van der Waals surface area contributed by atoms with Crippen molar-refractivity contribution >= 4 is 34.1 Å². The van der Waals surface area contributed by atoms with Crippen molar-refractivity contribution in [2.24, 2.45) is 10.1 Å². The molecular weight excluding hydrogens is 337 g/mol. The van der Waals surface area contributed by atoms with Crippen LogP contribution in [0.1, 0.15) is 19.4 Å². The van der Waals surface area contributed by atoms with Gasteiger partial charge in [0.2, 0.25) is 0 Å². The molecular formula is C15H13ClFN5S. The van der Waals surface area contributed by atoms with Gasteiger partial charge in [-0.3, -0.25) is 0 Å². The highest BCUT2D eigenvalue weighted by Gasteiger charge is 2.29. The van der Waals surface area contributed by atoms with E-state index in [2.05, 4.69) is 15.0 Å². The summed E-state index contributed by atoms with van der Waals surface area (Å²) in [5, 5.41) is 6.91. The molecule has 5 nitrogen and oxygen atoms in total. The van der Waals surface area contributed by atoms with Gasteiger partial charge in [-0.05, 0) is 41.6 Å². The largest absolute Gasteiger partial charge is 0.320 e. The molecule has 0 aliphatic carbocycles. The summed E-state index contributed by atoms with van der Waals surface area (Å²) in [5.41, 5.74) is 11.9. The van der Waals surface area contributed by atoms with Crippen molar-refractivity contribution in [2.45, 2.75) is 19.9 Å². The first-order chi connectivity index (χ1) is 11.0. The van der Waals surface area contributed by atoms with E-state index >= 15 is 0 Å². The zero-order valence-electron chi connectivity index (χ0n) is 12.5. The van der Waals surface area contributed by atoms with Gasteiger partial charge in [-0.2, -0.15) is 0 Å². The molecule has 2 heterocycles. The van der Waals surface area contributed by atoms with Crippen LogP contribution in [-0.4, -0.2) is 22.7 Å². The number of halogens is 2. The number of nitrogens with zero attached hydrogens (tertiary/aromatic N) is 5. The van der Waals surface area contributed by atoms with Crippen LogP contribution >= 0.6 is 23.4 Å². The Kier molecular flexibility index (Phi) is 4.35. The summed E-state index contributed by atoms with van der Waals surface area (Å²) in [5.74, 6) is -0.409. The average Bonchev–Trinajstić information content (AvgIpc) is 2.86. The highest BCUT2D eigenvalue weighted by Crippen LogP contribution is 2.37. The monoisotopic (exact) mass is 349 g/mol. The SMILES string of the molecule is CC1=CSC2=NC(C(C)N=[N+]=[N-])=C(c3cc(F)cc(Cl)c3)CN12. The smallest absolute Gasteiger partial charge is 0.173 e. The number of aliphatic imine (C=N–C) groups is 1. The molecule has 0 N–H and O–H groups in total. The highest BCUT2D eigenvalue weighted by molar-refractivity contribution is 8.16. The third-order valence-corrected chi connectivity index (χ3v) is 4.86. The van der Waals surface area contributed by atoms with E-state index in [0.717, 1.165) is 16.4 Å². The molecule has 23 heavy (non-hydrogen) atoms. The van der Waals surface area contributed by atoms with Crippen molar-refractivity contribution in [3.05, 3.63) is 61.8 Å². The second-order valence-electron chi connectivity index (χ2n) is 5.26. The molecule has 1 unspecified atom stereocenters. The summed E-state index contributed by atoms with van der Waals surface area (Å²) >= 11 is 7.51. The van der Waals surface area contributed by atoms with Crippen molar-refractivity contribution in [2.75, 3.05) is 6.54 Å². The summed E-state index contributed by atoms with van der Waals surface area (Å²) in [7, 11) is 0. The molecule has 1 atom stereocenters. The topological polar surface area (TPSA) is 64.4 Å². The van der Waals surface area contributed by atoms with Crippen LogP contribution in [-0.2, 0) is 0 Å².